The number of aryl methyl sites for hydroxylation is 1. The van der Waals surface area contributed by atoms with Gasteiger partial charge in [-0.1, -0.05) is 6.92 Å². The minimum Gasteiger partial charge on any atom is -0.390 e. The molecule has 0 saturated carbocycles. The quantitative estimate of drug-likeness (QED) is 0.623. The van der Waals surface area contributed by atoms with Gasteiger partial charge < -0.3 is 10.4 Å². The molecule has 0 aliphatic carbocycles. The molecular weight excluding hydrogens is 194 g/mol. The number of rotatable bonds is 6. The summed E-state index contributed by atoms with van der Waals surface area (Å²) in [5.41, 5.74) is -0.773. The van der Waals surface area contributed by atoms with Gasteiger partial charge in [-0.05, 0) is 31.6 Å². The summed E-state index contributed by atoms with van der Waals surface area (Å²) in [6, 6.07) is 0. The maximum atomic E-state index is 10.0. The van der Waals surface area contributed by atoms with E-state index in [-0.39, 0.29) is 0 Å². The van der Waals surface area contributed by atoms with Gasteiger partial charge in [-0.3, -0.25) is 0 Å². The first-order valence-electron chi connectivity index (χ1n) is 5.19. The van der Waals surface area contributed by atoms with Crippen LogP contribution in [0.1, 0.15) is 26.1 Å². The second-order valence-electron chi connectivity index (χ2n) is 3.97. The molecule has 0 aliphatic rings. The van der Waals surface area contributed by atoms with Gasteiger partial charge in [-0.25, -0.2) is 0 Å². The van der Waals surface area contributed by atoms with Gasteiger partial charge in [0, 0.05) is 6.42 Å². The van der Waals surface area contributed by atoms with Crippen molar-refractivity contribution in [1.29, 1.82) is 0 Å². The third kappa shape index (κ3) is 4.35. The Hall–Kier alpha value is -1.01. The lowest BCUT2D eigenvalue weighted by atomic mass is 9.98. The average molecular weight is 213 g/mol. The second-order valence-corrected chi connectivity index (χ2v) is 3.97. The average Bonchev–Trinajstić information content (AvgIpc) is 2.50. The monoisotopic (exact) mass is 213 g/mol. The third-order valence-corrected chi connectivity index (χ3v) is 2.18. The Balaban J connectivity index is 2.41. The van der Waals surface area contributed by atoms with E-state index in [4.69, 9.17) is 0 Å². The standard InChI is InChI=1S/C9H19N5O/c1-4-10-6-5-9(2,15)7-8-11-13-14(3)12-8/h10,15H,4-7H2,1-3H3. The summed E-state index contributed by atoms with van der Waals surface area (Å²) >= 11 is 0. The van der Waals surface area contributed by atoms with Gasteiger partial charge >= 0.3 is 0 Å². The molecule has 0 saturated heterocycles. The van der Waals surface area contributed by atoms with Crippen LogP contribution in [0.5, 0.6) is 0 Å². The van der Waals surface area contributed by atoms with Crippen molar-refractivity contribution in [1.82, 2.24) is 25.5 Å². The molecule has 1 atom stereocenters. The van der Waals surface area contributed by atoms with E-state index in [1.807, 2.05) is 6.92 Å². The summed E-state index contributed by atoms with van der Waals surface area (Å²) in [5.74, 6) is 0.582. The van der Waals surface area contributed by atoms with Crippen molar-refractivity contribution in [3.05, 3.63) is 5.82 Å². The highest BCUT2D eigenvalue weighted by atomic mass is 16.3. The van der Waals surface area contributed by atoms with Gasteiger partial charge in [0.1, 0.15) is 0 Å². The van der Waals surface area contributed by atoms with E-state index in [0.29, 0.717) is 18.7 Å². The zero-order chi connectivity index (χ0) is 11.3. The maximum absolute atomic E-state index is 10.0. The topological polar surface area (TPSA) is 75.9 Å². The fourth-order valence-corrected chi connectivity index (χ4v) is 1.36. The molecule has 0 bridgehead atoms. The Morgan fingerprint density at radius 3 is 2.80 bits per heavy atom. The molecule has 86 valence electrons. The van der Waals surface area contributed by atoms with E-state index < -0.39 is 5.60 Å². The van der Waals surface area contributed by atoms with Crippen LogP contribution in [0.2, 0.25) is 0 Å². The van der Waals surface area contributed by atoms with Crippen LogP contribution in [-0.2, 0) is 13.5 Å². The normalized spacial score (nSPS) is 15.2. The molecule has 1 heterocycles. The van der Waals surface area contributed by atoms with Gasteiger partial charge in [0.25, 0.3) is 0 Å². The highest BCUT2D eigenvalue weighted by Crippen LogP contribution is 2.13. The summed E-state index contributed by atoms with van der Waals surface area (Å²) in [7, 11) is 1.71. The molecule has 1 rings (SSSR count). The summed E-state index contributed by atoms with van der Waals surface area (Å²) in [6.45, 7) is 5.54. The van der Waals surface area contributed by atoms with Crippen molar-refractivity contribution in [2.24, 2.45) is 7.05 Å². The maximum Gasteiger partial charge on any atom is 0.177 e. The van der Waals surface area contributed by atoms with Crippen molar-refractivity contribution < 1.29 is 5.11 Å². The third-order valence-electron chi connectivity index (χ3n) is 2.18. The summed E-state index contributed by atoms with van der Waals surface area (Å²) < 4.78 is 0. The summed E-state index contributed by atoms with van der Waals surface area (Å²) in [5, 5.41) is 24.8. The van der Waals surface area contributed by atoms with Crippen LogP contribution in [0.15, 0.2) is 0 Å². The van der Waals surface area contributed by atoms with E-state index in [1.54, 1.807) is 14.0 Å². The van der Waals surface area contributed by atoms with Gasteiger partial charge in [0.05, 0.1) is 12.6 Å². The number of hydrogen-bond acceptors (Lipinski definition) is 5. The molecule has 0 amide bonds. The SMILES string of the molecule is CCNCCC(C)(O)Cc1nnn(C)n1. The Morgan fingerprint density at radius 1 is 1.53 bits per heavy atom. The molecule has 1 aromatic heterocycles. The molecule has 1 unspecified atom stereocenters. The number of tetrazole rings is 1. The smallest absolute Gasteiger partial charge is 0.177 e. The zero-order valence-electron chi connectivity index (χ0n) is 9.56. The summed E-state index contributed by atoms with van der Waals surface area (Å²) in [4.78, 5) is 1.40. The van der Waals surface area contributed by atoms with Crippen LogP contribution in [0, 0.1) is 0 Å². The lowest BCUT2D eigenvalue weighted by Crippen LogP contribution is -2.32. The second kappa shape index (κ2) is 5.18. The molecule has 6 heteroatoms. The Kier molecular flexibility index (Phi) is 4.16. The van der Waals surface area contributed by atoms with Crippen molar-refractivity contribution in [2.75, 3.05) is 13.1 Å². The lowest BCUT2D eigenvalue weighted by molar-refractivity contribution is 0.0496. The minimum atomic E-state index is -0.773. The largest absolute Gasteiger partial charge is 0.390 e. The first-order valence-corrected chi connectivity index (χ1v) is 5.19. The fourth-order valence-electron chi connectivity index (χ4n) is 1.36. The Labute approximate surface area is 89.7 Å². The predicted octanol–water partition coefficient (Wildman–Crippen LogP) is -0.497. The van der Waals surface area contributed by atoms with Crippen LogP contribution in [-0.4, -0.2) is 44.0 Å². The minimum absolute atomic E-state index is 0.437. The van der Waals surface area contributed by atoms with E-state index in [9.17, 15) is 5.11 Å². The van der Waals surface area contributed by atoms with E-state index in [1.165, 1.54) is 4.80 Å². The van der Waals surface area contributed by atoms with Crippen molar-refractivity contribution in [3.8, 4) is 0 Å². The van der Waals surface area contributed by atoms with Gasteiger partial charge in [-0.15, -0.1) is 10.2 Å². The zero-order valence-corrected chi connectivity index (χ0v) is 9.56. The lowest BCUT2D eigenvalue weighted by Gasteiger charge is -2.21. The highest BCUT2D eigenvalue weighted by Gasteiger charge is 2.22. The van der Waals surface area contributed by atoms with Gasteiger partial charge in [0.15, 0.2) is 5.82 Å². The van der Waals surface area contributed by atoms with E-state index in [0.717, 1.165) is 13.1 Å². The van der Waals surface area contributed by atoms with Crippen LogP contribution in [0.25, 0.3) is 0 Å². The van der Waals surface area contributed by atoms with Crippen LogP contribution in [0.3, 0.4) is 0 Å². The van der Waals surface area contributed by atoms with Crippen molar-refractivity contribution >= 4 is 0 Å². The predicted molar refractivity (Wildman–Crippen MR) is 56.3 cm³/mol. The van der Waals surface area contributed by atoms with Gasteiger partial charge in [-0.2, -0.15) is 4.80 Å². The van der Waals surface area contributed by atoms with Crippen molar-refractivity contribution in [2.45, 2.75) is 32.3 Å². The van der Waals surface area contributed by atoms with E-state index >= 15 is 0 Å². The Morgan fingerprint density at radius 2 is 2.27 bits per heavy atom. The summed E-state index contributed by atoms with van der Waals surface area (Å²) in [6.07, 6.45) is 1.12. The molecule has 0 aromatic carbocycles. The molecule has 1 aromatic rings. The molecule has 0 radical (unpaired) electrons. The van der Waals surface area contributed by atoms with E-state index in [2.05, 4.69) is 20.7 Å². The van der Waals surface area contributed by atoms with Crippen LogP contribution < -0.4 is 5.32 Å². The Bertz CT molecular complexity index is 296. The number of nitrogens with one attached hydrogen (secondary N) is 1. The molecule has 0 spiro atoms. The van der Waals surface area contributed by atoms with Gasteiger partial charge in [0.2, 0.25) is 0 Å². The number of hydrogen-bond donors (Lipinski definition) is 2. The first-order chi connectivity index (χ1) is 7.03. The van der Waals surface area contributed by atoms with Crippen LogP contribution in [0.4, 0.5) is 0 Å². The highest BCUT2D eigenvalue weighted by molar-refractivity contribution is 4.88. The van der Waals surface area contributed by atoms with Crippen LogP contribution >= 0.6 is 0 Å². The fraction of sp³-hybridized carbons (Fsp3) is 0.889. The molecule has 6 nitrogen and oxygen atoms in total. The molecular formula is C9H19N5O. The molecule has 0 fully saturated rings. The van der Waals surface area contributed by atoms with Crippen molar-refractivity contribution in [3.63, 3.8) is 0 Å². The molecule has 2 N–H and O–H groups in total. The number of aliphatic hydroxyl groups is 1. The molecule has 15 heavy (non-hydrogen) atoms. The number of nitrogens with zero attached hydrogens (tertiary/aromatic N) is 4. The first kappa shape index (κ1) is 12.1. The molecule has 0 aliphatic heterocycles. The number of aromatic nitrogens is 4.